The van der Waals surface area contributed by atoms with Crippen LogP contribution in [0.1, 0.15) is 12.0 Å². The smallest absolute Gasteiger partial charge is 0.147 e. The van der Waals surface area contributed by atoms with Gasteiger partial charge < -0.3 is 0 Å². The zero-order valence-corrected chi connectivity index (χ0v) is 12.1. The normalized spacial score (nSPS) is 13.0. The van der Waals surface area contributed by atoms with E-state index in [2.05, 4.69) is 38.7 Å². The summed E-state index contributed by atoms with van der Waals surface area (Å²) >= 11 is 2.17. The summed E-state index contributed by atoms with van der Waals surface area (Å²) in [5, 5.41) is 0. The minimum absolute atomic E-state index is 0. The van der Waals surface area contributed by atoms with Crippen LogP contribution in [0.4, 0.5) is 0 Å². The number of hydrogen-bond acceptors (Lipinski definition) is 1. The summed E-state index contributed by atoms with van der Waals surface area (Å²) in [5.74, 6) is 0.952. The number of benzene rings is 1. The van der Waals surface area contributed by atoms with Crippen molar-refractivity contribution < 1.29 is 25.2 Å². The van der Waals surface area contributed by atoms with Crippen molar-refractivity contribution in [2.45, 2.75) is 6.42 Å². The van der Waals surface area contributed by atoms with Gasteiger partial charge in [-0.3, -0.25) is 0 Å². The molecule has 4 heteroatoms. The SMILES string of the molecule is COc1ccccc1C1=[C]([Ti])CC=C1.Cl.Cl. The average molecular weight is 292 g/mol. The first kappa shape index (κ1) is 15.8. The van der Waals surface area contributed by atoms with Gasteiger partial charge in [0.05, 0.1) is 0 Å². The molecule has 0 saturated carbocycles. The van der Waals surface area contributed by atoms with Gasteiger partial charge in [0, 0.05) is 0 Å². The fraction of sp³-hybridized carbons (Fsp3) is 0.167. The molecule has 0 fully saturated rings. The number of para-hydroxylation sites is 1. The molecule has 0 saturated heterocycles. The monoisotopic (exact) mass is 291 g/mol. The number of rotatable bonds is 2. The first-order valence-electron chi connectivity index (χ1n) is 4.57. The summed E-state index contributed by atoms with van der Waals surface area (Å²) < 4.78 is 6.75. The molecule has 2 rings (SSSR count). The van der Waals surface area contributed by atoms with Crippen molar-refractivity contribution in [3.8, 4) is 5.75 Å². The molecule has 1 aliphatic carbocycles. The molecule has 0 radical (unpaired) electrons. The molecule has 0 amide bonds. The zero-order chi connectivity index (χ0) is 9.97. The van der Waals surface area contributed by atoms with Gasteiger partial charge in [-0.05, 0) is 0 Å². The van der Waals surface area contributed by atoms with Crippen molar-refractivity contribution in [3.63, 3.8) is 0 Å². The molecule has 0 bridgehead atoms. The Morgan fingerprint density at radius 3 is 2.44 bits per heavy atom. The van der Waals surface area contributed by atoms with Crippen molar-refractivity contribution in [1.29, 1.82) is 0 Å². The fourth-order valence-electron chi connectivity index (χ4n) is 1.62. The van der Waals surface area contributed by atoms with Crippen LogP contribution in [0.2, 0.25) is 0 Å². The molecule has 16 heavy (non-hydrogen) atoms. The largest absolute Gasteiger partial charge is 0.147 e. The van der Waals surface area contributed by atoms with Crippen LogP contribution in [0.3, 0.4) is 0 Å². The van der Waals surface area contributed by atoms with E-state index < -0.39 is 0 Å². The predicted octanol–water partition coefficient (Wildman–Crippen LogP) is 3.76. The Kier molecular flexibility index (Phi) is 7.09. The third kappa shape index (κ3) is 3.15. The van der Waals surface area contributed by atoms with E-state index in [9.17, 15) is 0 Å². The van der Waals surface area contributed by atoms with E-state index in [0.29, 0.717) is 0 Å². The first-order valence-corrected chi connectivity index (χ1v) is 5.35. The van der Waals surface area contributed by atoms with Crippen molar-refractivity contribution in [2.24, 2.45) is 0 Å². The Morgan fingerprint density at radius 1 is 1.19 bits per heavy atom. The van der Waals surface area contributed by atoms with Gasteiger partial charge in [-0.25, -0.2) is 0 Å². The van der Waals surface area contributed by atoms with Gasteiger partial charge in [-0.1, -0.05) is 0 Å². The maximum atomic E-state index is 5.34. The van der Waals surface area contributed by atoms with Gasteiger partial charge in [0.1, 0.15) is 0 Å². The molecule has 1 aromatic rings. The van der Waals surface area contributed by atoms with E-state index in [-0.39, 0.29) is 24.8 Å². The summed E-state index contributed by atoms with van der Waals surface area (Å²) in [6.07, 6.45) is 5.43. The van der Waals surface area contributed by atoms with Crippen LogP contribution < -0.4 is 4.74 Å². The quantitative estimate of drug-likeness (QED) is 0.754. The summed E-state index contributed by atoms with van der Waals surface area (Å²) in [5.41, 5.74) is 2.50. The number of hydrogen-bond donors (Lipinski definition) is 0. The molecule has 0 N–H and O–H groups in total. The maximum absolute atomic E-state index is 5.34. The van der Waals surface area contributed by atoms with E-state index >= 15 is 0 Å². The minimum Gasteiger partial charge on any atom is -0.147 e. The summed E-state index contributed by atoms with van der Waals surface area (Å²) in [4.78, 5) is 0. The van der Waals surface area contributed by atoms with Crippen molar-refractivity contribution in [3.05, 3.63) is 45.9 Å². The topological polar surface area (TPSA) is 9.23 Å². The third-order valence-corrected chi connectivity index (χ3v) is 3.07. The molecule has 0 aliphatic heterocycles. The fourth-order valence-corrected chi connectivity index (χ4v) is 2.15. The molecular formula is C12H13Cl2OTi. The Hall–Kier alpha value is -0.206. The van der Waals surface area contributed by atoms with E-state index in [1.165, 1.54) is 15.0 Å². The van der Waals surface area contributed by atoms with Gasteiger partial charge >= 0.3 is 95.9 Å². The summed E-state index contributed by atoms with van der Waals surface area (Å²) in [6, 6.07) is 8.15. The van der Waals surface area contributed by atoms with Crippen LogP contribution in [-0.4, -0.2) is 7.11 Å². The molecule has 0 atom stereocenters. The first-order chi connectivity index (χ1) is 6.83. The van der Waals surface area contributed by atoms with E-state index in [0.717, 1.165) is 12.2 Å². The molecule has 0 aromatic heterocycles. The van der Waals surface area contributed by atoms with Gasteiger partial charge in [0.25, 0.3) is 0 Å². The Balaban J connectivity index is 0.00000112. The number of allylic oxidation sites excluding steroid dienone is 4. The number of halogens is 2. The summed E-state index contributed by atoms with van der Waals surface area (Å²) in [6.45, 7) is 0. The van der Waals surface area contributed by atoms with Gasteiger partial charge in [0.2, 0.25) is 0 Å². The second-order valence-electron chi connectivity index (χ2n) is 3.20. The maximum Gasteiger partial charge on any atom is -0.147 e. The predicted molar refractivity (Wildman–Crippen MR) is 68.2 cm³/mol. The molecule has 0 heterocycles. The molecule has 85 valence electrons. The molecule has 1 aliphatic rings. The molecule has 1 aromatic carbocycles. The average Bonchev–Trinajstić information content (AvgIpc) is 2.64. The van der Waals surface area contributed by atoms with Crippen molar-refractivity contribution in [1.82, 2.24) is 0 Å². The van der Waals surface area contributed by atoms with Crippen LogP contribution in [0, 0.1) is 0 Å². The van der Waals surface area contributed by atoms with Gasteiger partial charge in [-0.2, -0.15) is 0 Å². The van der Waals surface area contributed by atoms with Gasteiger partial charge in [0.15, 0.2) is 0 Å². The zero-order valence-electron chi connectivity index (χ0n) is 8.90. The number of ether oxygens (including phenoxy) is 1. The second kappa shape index (κ2) is 7.18. The Labute approximate surface area is 120 Å². The Morgan fingerprint density at radius 2 is 1.88 bits per heavy atom. The minimum atomic E-state index is 0. The third-order valence-electron chi connectivity index (χ3n) is 2.33. The molecular weight excluding hydrogens is 279 g/mol. The number of methoxy groups -OCH3 is 1. The van der Waals surface area contributed by atoms with Crippen LogP contribution in [0.25, 0.3) is 5.57 Å². The van der Waals surface area contributed by atoms with E-state index in [1.54, 1.807) is 7.11 Å². The van der Waals surface area contributed by atoms with Crippen LogP contribution in [0.15, 0.2) is 40.3 Å². The molecule has 1 nitrogen and oxygen atoms in total. The van der Waals surface area contributed by atoms with E-state index in [1.807, 2.05) is 18.2 Å². The standard InChI is InChI=1S/C12H11O.2ClH.Ti/c1-13-12-9-5-4-8-11(12)10-6-2-3-7-10;;;/h2,4-6,8-9H,3H2,1H3;2*1H;. The second-order valence-corrected chi connectivity index (χ2v) is 4.14. The molecule has 0 spiro atoms. The van der Waals surface area contributed by atoms with Gasteiger partial charge in [-0.15, -0.1) is 24.8 Å². The van der Waals surface area contributed by atoms with Crippen LogP contribution in [0.5, 0.6) is 5.75 Å². The molecule has 0 unspecified atom stereocenters. The van der Waals surface area contributed by atoms with Crippen LogP contribution >= 0.6 is 24.8 Å². The van der Waals surface area contributed by atoms with Crippen molar-refractivity contribution in [2.75, 3.05) is 7.11 Å². The van der Waals surface area contributed by atoms with Crippen molar-refractivity contribution >= 4 is 30.4 Å². The Bertz CT molecular complexity index is 413. The van der Waals surface area contributed by atoms with Crippen LogP contribution in [-0.2, 0) is 20.4 Å². The van der Waals surface area contributed by atoms with E-state index in [4.69, 9.17) is 4.74 Å². The summed E-state index contributed by atoms with van der Waals surface area (Å²) in [7, 11) is 1.72.